The number of carbonyl (C=O) groups excluding carboxylic acids is 1. The Morgan fingerprint density at radius 1 is 1.29 bits per heavy atom. The Morgan fingerprint density at radius 3 is 2.71 bits per heavy atom. The first-order valence-electron chi connectivity index (χ1n) is 7.06. The Bertz CT molecular complexity index is 621. The molecule has 1 saturated carbocycles. The van der Waals surface area contributed by atoms with Crippen molar-refractivity contribution in [3.05, 3.63) is 30.3 Å². The first-order chi connectivity index (χ1) is 10.1. The lowest BCUT2D eigenvalue weighted by molar-refractivity contribution is -0.120. The summed E-state index contributed by atoms with van der Waals surface area (Å²) >= 11 is 1.15. The van der Waals surface area contributed by atoms with Gasteiger partial charge in [-0.2, -0.15) is 9.36 Å². The third kappa shape index (κ3) is 3.46. The molecule has 5 nitrogen and oxygen atoms in total. The van der Waals surface area contributed by atoms with Crippen LogP contribution in [0, 0.1) is 0 Å². The minimum atomic E-state index is -0.836. The molecule has 0 aliphatic heterocycles. The van der Waals surface area contributed by atoms with Gasteiger partial charge < -0.3 is 10.4 Å². The number of hydrogen-bond donors (Lipinski definition) is 2. The highest BCUT2D eigenvalue weighted by Gasteiger charge is 2.33. The molecule has 1 fully saturated rings. The van der Waals surface area contributed by atoms with Gasteiger partial charge >= 0.3 is 0 Å². The Balaban J connectivity index is 1.63. The number of nitrogens with zero attached hydrogens (tertiary/aromatic N) is 2. The molecule has 6 heteroatoms. The Morgan fingerprint density at radius 2 is 2.00 bits per heavy atom. The number of carbonyl (C=O) groups is 1. The van der Waals surface area contributed by atoms with E-state index in [0.717, 1.165) is 29.9 Å². The average molecular weight is 303 g/mol. The normalized spacial score (nSPS) is 16.8. The molecule has 1 aliphatic carbocycles. The molecule has 0 spiro atoms. The van der Waals surface area contributed by atoms with E-state index in [1.165, 1.54) is 0 Å². The van der Waals surface area contributed by atoms with E-state index in [2.05, 4.69) is 14.7 Å². The third-order valence-corrected chi connectivity index (χ3v) is 4.36. The molecular formula is C15H17N3O2S. The summed E-state index contributed by atoms with van der Waals surface area (Å²) in [6.07, 6.45) is 3.51. The van der Waals surface area contributed by atoms with Crippen LogP contribution in [0.2, 0.25) is 0 Å². The van der Waals surface area contributed by atoms with Gasteiger partial charge in [-0.15, -0.1) is 0 Å². The van der Waals surface area contributed by atoms with Crippen molar-refractivity contribution < 1.29 is 9.90 Å². The molecule has 21 heavy (non-hydrogen) atoms. The lowest BCUT2D eigenvalue weighted by Crippen LogP contribution is -2.30. The number of anilines is 1. The fourth-order valence-corrected chi connectivity index (χ4v) is 3.26. The molecule has 3 rings (SSSR count). The second kappa shape index (κ2) is 5.91. The van der Waals surface area contributed by atoms with Crippen LogP contribution < -0.4 is 5.32 Å². The summed E-state index contributed by atoms with van der Waals surface area (Å²) in [6.45, 7) is 0. The zero-order valence-corrected chi connectivity index (χ0v) is 12.4. The van der Waals surface area contributed by atoms with Crippen LogP contribution >= 0.6 is 11.5 Å². The van der Waals surface area contributed by atoms with Crippen LogP contribution in [0.1, 0.15) is 32.1 Å². The SMILES string of the molecule is O=C(CC1(O)CCCC1)Nc1nc(-c2ccccc2)ns1. The summed E-state index contributed by atoms with van der Waals surface area (Å²) < 4.78 is 4.24. The highest BCUT2D eigenvalue weighted by Crippen LogP contribution is 2.32. The van der Waals surface area contributed by atoms with Crippen molar-refractivity contribution in [2.75, 3.05) is 5.32 Å². The van der Waals surface area contributed by atoms with Crippen molar-refractivity contribution in [2.45, 2.75) is 37.7 Å². The maximum absolute atomic E-state index is 12.0. The van der Waals surface area contributed by atoms with E-state index in [-0.39, 0.29) is 12.3 Å². The van der Waals surface area contributed by atoms with Crippen molar-refractivity contribution >= 4 is 22.6 Å². The highest BCUT2D eigenvalue weighted by molar-refractivity contribution is 7.10. The second-order valence-corrected chi connectivity index (χ2v) is 6.20. The van der Waals surface area contributed by atoms with Crippen molar-refractivity contribution in [1.29, 1.82) is 0 Å². The van der Waals surface area contributed by atoms with Crippen LogP contribution in [0.5, 0.6) is 0 Å². The van der Waals surface area contributed by atoms with E-state index in [4.69, 9.17) is 0 Å². The molecule has 0 radical (unpaired) electrons. The molecule has 110 valence electrons. The molecule has 0 unspecified atom stereocenters. The van der Waals surface area contributed by atoms with E-state index >= 15 is 0 Å². The predicted octanol–water partition coefficient (Wildman–Crippen LogP) is 2.84. The first-order valence-corrected chi connectivity index (χ1v) is 7.83. The maximum Gasteiger partial charge on any atom is 0.229 e. The highest BCUT2D eigenvalue weighted by atomic mass is 32.1. The zero-order valence-electron chi connectivity index (χ0n) is 11.6. The smallest absolute Gasteiger partial charge is 0.229 e. The Hall–Kier alpha value is -1.79. The van der Waals surface area contributed by atoms with Gasteiger partial charge in [0.2, 0.25) is 11.0 Å². The average Bonchev–Trinajstić information content (AvgIpc) is 3.09. The fraction of sp³-hybridized carbons (Fsp3) is 0.400. The number of nitrogens with one attached hydrogen (secondary N) is 1. The van der Waals surface area contributed by atoms with Gasteiger partial charge in [-0.25, -0.2) is 0 Å². The van der Waals surface area contributed by atoms with Gasteiger partial charge in [0.15, 0.2) is 5.82 Å². The molecule has 1 aliphatic rings. The standard InChI is InChI=1S/C15H17N3O2S/c19-12(10-15(20)8-4-5-9-15)16-14-17-13(18-21-14)11-6-2-1-3-7-11/h1-3,6-7,20H,4-5,8-10H2,(H,16,17,18,19). The van der Waals surface area contributed by atoms with E-state index in [1.54, 1.807) is 0 Å². The molecule has 1 amide bonds. The summed E-state index contributed by atoms with van der Waals surface area (Å²) in [4.78, 5) is 16.3. The quantitative estimate of drug-likeness (QED) is 0.910. The van der Waals surface area contributed by atoms with Gasteiger partial charge in [0.1, 0.15) is 0 Å². The van der Waals surface area contributed by atoms with Gasteiger partial charge in [0, 0.05) is 17.1 Å². The van der Waals surface area contributed by atoms with E-state index in [1.807, 2.05) is 30.3 Å². The van der Waals surface area contributed by atoms with Gasteiger partial charge in [-0.05, 0) is 12.8 Å². The maximum atomic E-state index is 12.0. The summed E-state index contributed by atoms with van der Waals surface area (Å²) in [5, 5.41) is 13.4. The van der Waals surface area contributed by atoms with Gasteiger partial charge in [0.05, 0.1) is 12.0 Å². The lowest BCUT2D eigenvalue weighted by Gasteiger charge is -2.20. The van der Waals surface area contributed by atoms with Crippen LogP contribution in [0.3, 0.4) is 0 Å². The second-order valence-electron chi connectivity index (χ2n) is 5.45. The number of rotatable bonds is 4. The Kier molecular flexibility index (Phi) is 3.98. The van der Waals surface area contributed by atoms with Gasteiger partial charge in [0.25, 0.3) is 0 Å². The zero-order chi connectivity index (χ0) is 14.7. The first kappa shape index (κ1) is 14.2. The minimum Gasteiger partial charge on any atom is -0.389 e. The number of hydrogen-bond acceptors (Lipinski definition) is 5. The molecule has 1 heterocycles. The van der Waals surface area contributed by atoms with Crippen LogP contribution in [-0.2, 0) is 4.79 Å². The van der Waals surface area contributed by atoms with Crippen LogP contribution in [-0.4, -0.2) is 26.0 Å². The molecular weight excluding hydrogens is 286 g/mol. The molecule has 0 atom stereocenters. The molecule has 2 aromatic rings. The number of aliphatic hydroxyl groups is 1. The summed E-state index contributed by atoms with van der Waals surface area (Å²) in [6, 6.07) is 9.62. The topological polar surface area (TPSA) is 75.1 Å². The van der Waals surface area contributed by atoms with Gasteiger partial charge in [-0.1, -0.05) is 43.2 Å². The predicted molar refractivity (Wildman–Crippen MR) is 82.0 cm³/mol. The van der Waals surface area contributed by atoms with Crippen LogP contribution in [0.4, 0.5) is 5.13 Å². The number of aromatic nitrogens is 2. The summed E-state index contributed by atoms with van der Waals surface area (Å²) in [7, 11) is 0. The molecule has 0 saturated heterocycles. The number of amides is 1. The molecule has 1 aromatic carbocycles. The Labute approximate surface area is 127 Å². The number of benzene rings is 1. The summed E-state index contributed by atoms with van der Waals surface area (Å²) in [5.41, 5.74) is 0.0838. The van der Waals surface area contributed by atoms with Crippen molar-refractivity contribution in [1.82, 2.24) is 9.36 Å². The third-order valence-electron chi connectivity index (χ3n) is 3.73. The van der Waals surface area contributed by atoms with E-state index in [0.29, 0.717) is 23.8 Å². The van der Waals surface area contributed by atoms with Crippen molar-refractivity contribution in [3.63, 3.8) is 0 Å². The van der Waals surface area contributed by atoms with E-state index < -0.39 is 5.60 Å². The molecule has 1 aromatic heterocycles. The van der Waals surface area contributed by atoms with Crippen LogP contribution in [0.15, 0.2) is 30.3 Å². The van der Waals surface area contributed by atoms with Crippen molar-refractivity contribution in [2.24, 2.45) is 0 Å². The lowest BCUT2D eigenvalue weighted by atomic mass is 9.98. The van der Waals surface area contributed by atoms with Crippen LogP contribution in [0.25, 0.3) is 11.4 Å². The van der Waals surface area contributed by atoms with Gasteiger partial charge in [-0.3, -0.25) is 4.79 Å². The van der Waals surface area contributed by atoms with Crippen molar-refractivity contribution in [3.8, 4) is 11.4 Å². The molecule has 0 bridgehead atoms. The molecule has 2 N–H and O–H groups in total. The summed E-state index contributed by atoms with van der Waals surface area (Å²) in [5.74, 6) is 0.408. The minimum absolute atomic E-state index is 0.132. The monoisotopic (exact) mass is 303 g/mol. The largest absolute Gasteiger partial charge is 0.389 e. The fourth-order valence-electron chi connectivity index (χ4n) is 2.65. The van der Waals surface area contributed by atoms with E-state index in [9.17, 15) is 9.90 Å².